The van der Waals surface area contributed by atoms with Crippen molar-refractivity contribution in [2.24, 2.45) is 0 Å². The number of pyridine rings is 1. The molecule has 18 heavy (non-hydrogen) atoms. The van der Waals surface area contributed by atoms with Crippen LogP contribution >= 0.6 is 15.9 Å². The van der Waals surface area contributed by atoms with Crippen molar-refractivity contribution in [1.82, 2.24) is 9.88 Å². The van der Waals surface area contributed by atoms with Crippen molar-refractivity contribution in [1.29, 1.82) is 0 Å². The van der Waals surface area contributed by atoms with Crippen LogP contribution < -0.4 is 10.9 Å². The molecular weight excluding hydrogens is 308 g/mol. The van der Waals surface area contributed by atoms with Gasteiger partial charge in [-0.2, -0.15) is 0 Å². The van der Waals surface area contributed by atoms with Gasteiger partial charge in [0.2, 0.25) is 5.91 Å². The number of carbonyl (C=O) groups excluding carboxylic acids is 1. The van der Waals surface area contributed by atoms with Crippen LogP contribution in [-0.2, 0) is 16.1 Å². The maximum atomic E-state index is 11.5. The van der Waals surface area contributed by atoms with Gasteiger partial charge in [0.1, 0.15) is 12.6 Å². The second-order valence-electron chi connectivity index (χ2n) is 3.45. The quantitative estimate of drug-likeness (QED) is 0.657. The van der Waals surface area contributed by atoms with E-state index in [1.165, 1.54) is 18.3 Å². The van der Waals surface area contributed by atoms with Crippen molar-refractivity contribution in [3.63, 3.8) is 0 Å². The Morgan fingerprint density at radius 2 is 2.11 bits per heavy atom. The average Bonchev–Trinajstić information content (AvgIpc) is 2.30. The van der Waals surface area contributed by atoms with Crippen molar-refractivity contribution in [2.45, 2.75) is 12.6 Å². The molecule has 1 atom stereocenters. The number of aromatic nitrogens is 1. The van der Waals surface area contributed by atoms with Gasteiger partial charge in [-0.25, -0.2) is 4.79 Å². The Hall–Kier alpha value is -1.67. The normalized spacial score (nSPS) is 11.9. The molecule has 0 aliphatic rings. The maximum absolute atomic E-state index is 11.5. The molecule has 0 fully saturated rings. The number of aliphatic carboxylic acids is 1. The van der Waals surface area contributed by atoms with E-state index in [9.17, 15) is 14.4 Å². The number of aliphatic hydroxyl groups excluding tert-OH is 1. The van der Waals surface area contributed by atoms with Crippen molar-refractivity contribution < 1.29 is 19.8 Å². The minimum atomic E-state index is -1.37. The van der Waals surface area contributed by atoms with E-state index in [1.807, 2.05) is 0 Å². The highest BCUT2D eigenvalue weighted by molar-refractivity contribution is 9.10. The molecule has 0 radical (unpaired) electrons. The summed E-state index contributed by atoms with van der Waals surface area (Å²) in [5.74, 6) is -2.01. The van der Waals surface area contributed by atoms with E-state index in [0.29, 0.717) is 4.47 Å². The Balaban J connectivity index is 2.73. The number of rotatable bonds is 5. The lowest BCUT2D eigenvalue weighted by molar-refractivity contribution is -0.143. The summed E-state index contributed by atoms with van der Waals surface area (Å²) in [7, 11) is 0. The van der Waals surface area contributed by atoms with Crippen molar-refractivity contribution in [2.75, 3.05) is 6.61 Å². The molecule has 7 nitrogen and oxygen atoms in total. The van der Waals surface area contributed by atoms with Gasteiger partial charge in [-0.3, -0.25) is 9.59 Å². The third-order valence-corrected chi connectivity index (χ3v) is 2.55. The predicted octanol–water partition coefficient (Wildman–Crippen LogP) is -0.828. The number of aliphatic hydroxyl groups is 1. The van der Waals surface area contributed by atoms with Crippen LogP contribution in [-0.4, -0.2) is 39.3 Å². The lowest BCUT2D eigenvalue weighted by atomic mass is 10.3. The molecule has 8 heteroatoms. The van der Waals surface area contributed by atoms with E-state index >= 15 is 0 Å². The number of carboxylic acids is 1. The highest BCUT2D eigenvalue weighted by Gasteiger charge is 2.18. The van der Waals surface area contributed by atoms with Crippen molar-refractivity contribution in [3.8, 4) is 0 Å². The molecule has 0 spiro atoms. The van der Waals surface area contributed by atoms with Gasteiger partial charge in [-0.05, 0) is 22.0 Å². The van der Waals surface area contributed by atoms with Crippen LogP contribution in [0.4, 0.5) is 0 Å². The third-order valence-electron chi connectivity index (χ3n) is 2.08. The Labute approximate surface area is 110 Å². The fourth-order valence-corrected chi connectivity index (χ4v) is 1.59. The standard InChI is InChI=1S/C10H11BrN2O5/c11-6-1-2-9(16)13(3-6)4-8(15)12-7(5-14)10(17)18/h1-3,7,14H,4-5H2,(H,12,15)(H,17,18). The second kappa shape index (κ2) is 6.31. The Morgan fingerprint density at radius 1 is 1.44 bits per heavy atom. The monoisotopic (exact) mass is 318 g/mol. The summed E-state index contributed by atoms with van der Waals surface area (Å²) in [5.41, 5.74) is -0.385. The molecule has 0 aliphatic heterocycles. The molecular formula is C10H11BrN2O5. The summed E-state index contributed by atoms with van der Waals surface area (Å²) < 4.78 is 1.74. The first-order valence-corrected chi connectivity index (χ1v) is 5.72. The lowest BCUT2D eigenvalue weighted by Gasteiger charge is -2.12. The molecule has 1 rings (SSSR count). The van der Waals surface area contributed by atoms with Gasteiger partial charge in [0.05, 0.1) is 6.61 Å². The predicted molar refractivity (Wildman–Crippen MR) is 65.1 cm³/mol. The van der Waals surface area contributed by atoms with E-state index in [-0.39, 0.29) is 12.1 Å². The van der Waals surface area contributed by atoms with Crippen LogP contribution in [0.2, 0.25) is 0 Å². The molecule has 1 heterocycles. The molecule has 1 aromatic rings. The number of amides is 1. The number of hydrogen-bond acceptors (Lipinski definition) is 4. The zero-order chi connectivity index (χ0) is 13.7. The van der Waals surface area contributed by atoms with E-state index < -0.39 is 24.5 Å². The number of nitrogens with one attached hydrogen (secondary N) is 1. The van der Waals surface area contributed by atoms with Crippen LogP contribution in [0.15, 0.2) is 27.6 Å². The summed E-state index contributed by atoms with van der Waals surface area (Å²) in [4.78, 5) is 33.5. The highest BCUT2D eigenvalue weighted by atomic mass is 79.9. The van der Waals surface area contributed by atoms with Gasteiger partial charge in [0.15, 0.2) is 0 Å². The molecule has 1 unspecified atom stereocenters. The number of carbonyl (C=O) groups is 2. The van der Waals surface area contributed by atoms with Crippen LogP contribution in [0.1, 0.15) is 0 Å². The van der Waals surface area contributed by atoms with Gasteiger partial charge in [-0.1, -0.05) is 0 Å². The van der Waals surface area contributed by atoms with Crippen molar-refractivity contribution >= 4 is 27.8 Å². The van der Waals surface area contributed by atoms with Gasteiger partial charge in [0.25, 0.3) is 5.56 Å². The third kappa shape index (κ3) is 3.97. The smallest absolute Gasteiger partial charge is 0.328 e. The van der Waals surface area contributed by atoms with Crippen LogP contribution in [0, 0.1) is 0 Å². The minimum Gasteiger partial charge on any atom is -0.480 e. The van der Waals surface area contributed by atoms with E-state index in [2.05, 4.69) is 21.2 Å². The first-order chi connectivity index (χ1) is 8.43. The van der Waals surface area contributed by atoms with Crippen molar-refractivity contribution in [3.05, 3.63) is 33.2 Å². The lowest BCUT2D eigenvalue weighted by Crippen LogP contribution is -2.45. The molecule has 98 valence electrons. The zero-order valence-corrected chi connectivity index (χ0v) is 10.8. The number of carboxylic acid groups (broad SMARTS) is 1. The number of nitrogens with zero attached hydrogens (tertiary/aromatic N) is 1. The summed E-state index contributed by atoms with van der Waals surface area (Å²) in [6.07, 6.45) is 1.41. The second-order valence-corrected chi connectivity index (χ2v) is 4.37. The first-order valence-electron chi connectivity index (χ1n) is 4.93. The molecule has 0 saturated heterocycles. The molecule has 3 N–H and O–H groups in total. The zero-order valence-electron chi connectivity index (χ0n) is 9.17. The minimum absolute atomic E-state index is 0.317. The SMILES string of the molecule is O=C(Cn1cc(Br)ccc1=O)NC(CO)C(=O)O. The molecule has 0 aromatic carbocycles. The molecule has 0 saturated carbocycles. The van der Waals surface area contributed by atoms with Gasteiger partial charge >= 0.3 is 5.97 Å². The van der Waals surface area contributed by atoms with Gasteiger partial charge in [0, 0.05) is 16.7 Å². The van der Waals surface area contributed by atoms with Gasteiger partial charge in [-0.15, -0.1) is 0 Å². The molecule has 1 amide bonds. The largest absolute Gasteiger partial charge is 0.480 e. The fraction of sp³-hybridized carbons (Fsp3) is 0.300. The molecule has 1 aromatic heterocycles. The Kier molecular flexibility index (Phi) is 5.05. The highest BCUT2D eigenvalue weighted by Crippen LogP contribution is 2.04. The molecule has 0 bridgehead atoms. The van der Waals surface area contributed by atoms with Crippen LogP contribution in [0.5, 0.6) is 0 Å². The summed E-state index contributed by atoms with van der Waals surface area (Å²) >= 11 is 3.15. The summed E-state index contributed by atoms with van der Waals surface area (Å²) in [6, 6.07) is 1.43. The van der Waals surface area contributed by atoms with Crippen LogP contribution in [0.25, 0.3) is 0 Å². The Morgan fingerprint density at radius 3 is 2.67 bits per heavy atom. The summed E-state index contributed by atoms with van der Waals surface area (Å²) in [5, 5.41) is 19.5. The topological polar surface area (TPSA) is 109 Å². The number of hydrogen-bond donors (Lipinski definition) is 3. The number of halogens is 1. The fourth-order valence-electron chi connectivity index (χ4n) is 1.21. The first kappa shape index (κ1) is 14.4. The van der Waals surface area contributed by atoms with E-state index in [4.69, 9.17) is 10.2 Å². The summed E-state index contributed by atoms with van der Waals surface area (Å²) in [6.45, 7) is -1.03. The molecule has 0 aliphatic carbocycles. The van der Waals surface area contributed by atoms with E-state index in [0.717, 1.165) is 4.57 Å². The maximum Gasteiger partial charge on any atom is 0.328 e. The van der Waals surface area contributed by atoms with Crippen LogP contribution in [0.3, 0.4) is 0 Å². The van der Waals surface area contributed by atoms with Gasteiger partial charge < -0.3 is 20.1 Å². The Bertz CT molecular complexity index is 513. The average molecular weight is 319 g/mol. The van der Waals surface area contributed by atoms with E-state index in [1.54, 1.807) is 0 Å².